The summed E-state index contributed by atoms with van der Waals surface area (Å²) in [5, 5.41) is 12.2. The van der Waals surface area contributed by atoms with Gasteiger partial charge >= 0.3 is 5.97 Å². The van der Waals surface area contributed by atoms with Crippen LogP contribution < -0.4 is 5.32 Å². The molecule has 0 aliphatic heterocycles. The van der Waals surface area contributed by atoms with Gasteiger partial charge in [-0.1, -0.05) is 50.6 Å². The highest BCUT2D eigenvalue weighted by atomic mass is 19.1. The molecule has 0 heterocycles. The summed E-state index contributed by atoms with van der Waals surface area (Å²) in [5.41, 5.74) is 0.962. The van der Waals surface area contributed by atoms with Gasteiger partial charge in [-0.2, -0.15) is 0 Å². The lowest BCUT2D eigenvalue weighted by atomic mass is 9.91. The van der Waals surface area contributed by atoms with Crippen molar-refractivity contribution in [3.63, 3.8) is 0 Å². The third-order valence-electron chi connectivity index (χ3n) is 5.60. The number of amides is 1. The van der Waals surface area contributed by atoms with Gasteiger partial charge < -0.3 is 10.4 Å². The Morgan fingerprint density at radius 1 is 1.00 bits per heavy atom. The van der Waals surface area contributed by atoms with Crippen molar-refractivity contribution in [1.82, 2.24) is 5.32 Å². The summed E-state index contributed by atoms with van der Waals surface area (Å²) in [4.78, 5) is 24.4. The average Bonchev–Trinajstić information content (AvgIpc) is 3.16. The van der Waals surface area contributed by atoms with Crippen molar-refractivity contribution >= 4 is 11.9 Å². The first kappa shape index (κ1) is 21.0. The Labute approximate surface area is 168 Å². The number of benzene rings is 2. The number of hydrogen-bond donors (Lipinski definition) is 2. The lowest BCUT2D eigenvalue weighted by Gasteiger charge is -2.24. The molecule has 1 aliphatic carbocycles. The Morgan fingerprint density at radius 2 is 1.59 bits per heavy atom. The highest BCUT2D eigenvalue weighted by Gasteiger charge is 2.38. The van der Waals surface area contributed by atoms with E-state index < -0.39 is 41.4 Å². The largest absolute Gasteiger partial charge is 0.481 e. The fraction of sp³-hybridized carbons (Fsp3) is 0.391. The lowest BCUT2D eigenvalue weighted by Crippen LogP contribution is -2.38. The van der Waals surface area contributed by atoms with E-state index in [1.165, 1.54) is 12.1 Å². The number of nitrogens with one attached hydrogen (secondary N) is 1. The normalized spacial score (nSPS) is 19.9. The van der Waals surface area contributed by atoms with Crippen molar-refractivity contribution in [3.05, 3.63) is 70.8 Å². The zero-order valence-electron chi connectivity index (χ0n) is 16.5. The minimum Gasteiger partial charge on any atom is -0.481 e. The molecule has 0 radical (unpaired) electrons. The van der Waals surface area contributed by atoms with Gasteiger partial charge in [0, 0.05) is 5.56 Å². The first-order valence-electron chi connectivity index (χ1n) is 9.86. The fourth-order valence-corrected chi connectivity index (χ4v) is 4.15. The van der Waals surface area contributed by atoms with Crippen LogP contribution in [0.4, 0.5) is 8.78 Å². The number of aliphatic carboxylic acids is 1. The molecule has 0 aromatic heterocycles. The van der Waals surface area contributed by atoms with Gasteiger partial charge in [-0.3, -0.25) is 9.59 Å². The van der Waals surface area contributed by atoms with E-state index in [1.807, 2.05) is 6.07 Å². The second-order valence-electron chi connectivity index (χ2n) is 7.89. The molecule has 2 aromatic carbocycles. The maximum Gasteiger partial charge on any atom is 0.307 e. The topological polar surface area (TPSA) is 66.4 Å². The highest BCUT2D eigenvalue weighted by molar-refractivity contribution is 5.85. The van der Waals surface area contributed by atoms with Crippen LogP contribution in [-0.4, -0.2) is 17.0 Å². The standard InChI is InChI=1S/C23H25F2NO3/c1-13(2)20-18(24)11-15(12-19(20)25)21(14-7-4-3-5-8-14)26-22(27)16-9-6-10-17(16)23(28)29/h3-5,7-8,11-13,16-17,21H,6,9-10H2,1-2H3,(H,26,27)(H,28,29)/t16-,17+,21+/m1/s1. The second-order valence-corrected chi connectivity index (χ2v) is 7.89. The van der Waals surface area contributed by atoms with E-state index in [-0.39, 0.29) is 17.0 Å². The van der Waals surface area contributed by atoms with E-state index in [0.29, 0.717) is 24.8 Å². The predicted molar refractivity (Wildman–Crippen MR) is 105 cm³/mol. The number of carbonyl (C=O) groups is 2. The van der Waals surface area contributed by atoms with Crippen molar-refractivity contribution in [2.75, 3.05) is 0 Å². The minimum atomic E-state index is -0.989. The first-order chi connectivity index (χ1) is 13.8. The molecule has 0 bridgehead atoms. The monoisotopic (exact) mass is 401 g/mol. The molecular weight excluding hydrogens is 376 g/mol. The fourth-order valence-electron chi connectivity index (χ4n) is 4.15. The zero-order chi connectivity index (χ0) is 21.1. The molecule has 6 heteroatoms. The van der Waals surface area contributed by atoms with Crippen LogP contribution in [0.5, 0.6) is 0 Å². The van der Waals surface area contributed by atoms with E-state index in [4.69, 9.17) is 0 Å². The lowest BCUT2D eigenvalue weighted by molar-refractivity contribution is -0.146. The molecule has 4 nitrogen and oxygen atoms in total. The van der Waals surface area contributed by atoms with E-state index in [0.717, 1.165) is 0 Å². The predicted octanol–water partition coefficient (Wildman–Crippen LogP) is 4.79. The van der Waals surface area contributed by atoms with Crippen LogP contribution in [0, 0.1) is 23.5 Å². The SMILES string of the molecule is CC(C)c1c(F)cc([C@@H](NC(=O)[C@@H]2CCC[C@@H]2C(=O)O)c2ccccc2)cc1F. The van der Waals surface area contributed by atoms with E-state index >= 15 is 0 Å². The number of rotatable bonds is 6. The van der Waals surface area contributed by atoms with E-state index in [9.17, 15) is 23.5 Å². The zero-order valence-corrected chi connectivity index (χ0v) is 16.5. The Kier molecular flexibility index (Phi) is 6.30. The molecule has 2 aromatic rings. The number of carboxylic acids is 1. The molecule has 0 unspecified atom stereocenters. The van der Waals surface area contributed by atoms with Gasteiger partial charge in [0.25, 0.3) is 0 Å². The van der Waals surface area contributed by atoms with Crippen molar-refractivity contribution < 1.29 is 23.5 Å². The molecule has 29 heavy (non-hydrogen) atoms. The quantitative estimate of drug-likeness (QED) is 0.731. The van der Waals surface area contributed by atoms with Gasteiger partial charge in [0.15, 0.2) is 0 Å². The summed E-state index contributed by atoms with van der Waals surface area (Å²) in [6, 6.07) is 10.6. The Hall–Kier alpha value is -2.76. The summed E-state index contributed by atoms with van der Waals surface area (Å²) in [6.07, 6.45) is 1.60. The van der Waals surface area contributed by atoms with Crippen LogP contribution in [0.25, 0.3) is 0 Å². The molecule has 2 N–H and O–H groups in total. The molecule has 0 saturated heterocycles. The molecule has 154 valence electrons. The number of carbonyl (C=O) groups excluding carboxylic acids is 1. The summed E-state index contributed by atoms with van der Waals surface area (Å²) in [6.45, 7) is 3.42. The number of hydrogen-bond acceptors (Lipinski definition) is 2. The van der Waals surface area contributed by atoms with E-state index in [1.54, 1.807) is 38.1 Å². The van der Waals surface area contributed by atoms with Crippen LogP contribution in [0.2, 0.25) is 0 Å². The molecule has 3 rings (SSSR count). The van der Waals surface area contributed by atoms with Crippen LogP contribution in [0.15, 0.2) is 42.5 Å². The summed E-state index contributed by atoms with van der Waals surface area (Å²) < 4.78 is 29.2. The molecule has 0 spiro atoms. The number of halogens is 2. The molecular formula is C23H25F2NO3. The molecule has 3 atom stereocenters. The summed E-state index contributed by atoms with van der Waals surface area (Å²) in [7, 11) is 0. The molecule has 1 amide bonds. The Bertz CT molecular complexity index is 875. The molecule has 1 aliphatic rings. The second kappa shape index (κ2) is 8.72. The van der Waals surface area contributed by atoms with Gasteiger partial charge in [-0.05, 0) is 42.0 Å². The van der Waals surface area contributed by atoms with Gasteiger partial charge in [0.2, 0.25) is 5.91 Å². The summed E-state index contributed by atoms with van der Waals surface area (Å²) in [5.74, 6) is -4.41. The highest BCUT2D eigenvalue weighted by Crippen LogP contribution is 2.34. The molecule has 1 fully saturated rings. The third-order valence-corrected chi connectivity index (χ3v) is 5.60. The Morgan fingerprint density at radius 3 is 2.14 bits per heavy atom. The van der Waals surface area contributed by atoms with Gasteiger partial charge in [-0.25, -0.2) is 8.78 Å². The van der Waals surface area contributed by atoms with Crippen LogP contribution in [0.1, 0.15) is 61.8 Å². The number of carboxylic acid groups (broad SMARTS) is 1. The average molecular weight is 401 g/mol. The van der Waals surface area contributed by atoms with E-state index in [2.05, 4.69) is 5.32 Å². The summed E-state index contributed by atoms with van der Waals surface area (Å²) >= 11 is 0. The maximum atomic E-state index is 14.6. The van der Waals surface area contributed by atoms with Crippen LogP contribution in [0.3, 0.4) is 0 Å². The van der Waals surface area contributed by atoms with Crippen LogP contribution >= 0.6 is 0 Å². The minimum absolute atomic E-state index is 0.00798. The van der Waals surface area contributed by atoms with Crippen molar-refractivity contribution in [3.8, 4) is 0 Å². The molecule has 1 saturated carbocycles. The van der Waals surface area contributed by atoms with Crippen LogP contribution in [-0.2, 0) is 9.59 Å². The van der Waals surface area contributed by atoms with Crippen molar-refractivity contribution in [2.24, 2.45) is 11.8 Å². The van der Waals surface area contributed by atoms with Crippen molar-refractivity contribution in [1.29, 1.82) is 0 Å². The van der Waals surface area contributed by atoms with Gasteiger partial charge in [0.1, 0.15) is 11.6 Å². The van der Waals surface area contributed by atoms with Gasteiger partial charge in [-0.15, -0.1) is 0 Å². The van der Waals surface area contributed by atoms with Crippen molar-refractivity contribution in [2.45, 2.75) is 45.1 Å². The smallest absolute Gasteiger partial charge is 0.307 e. The first-order valence-corrected chi connectivity index (χ1v) is 9.86. The third kappa shape index (κ3) is 4.47. The Balaban J connectivity index is 1.97. The van der Waals surface area contributed by atoms with Gasteiger partial charge in [0.05, 0.1) is 17.9 Å². The maximum absolute atomic E-state index is 14.6.